The Balaban J connectivity index is 2.46. The molecule has 0 bridgehead atoms. The van der Waals surface area contributed by atoms with Gasteiger partial charge in [0, 0.05) is 12.1 Å². The highest BCUT2D eigenvalue weighted by molar-refractivity contribution is 5.37. The van der Waals surface area contributed by atoms with Crippen molar-refractivity contribution >= 4 is 0 Å². The molecule has 1 N–H and O–H groups in total. The van der Waals surface area contributed by atoms with Crippen LogP contribution in [0, 0.1) is 0 Å². The van der Waals surface area contributed by atoms with Crippen molar-refractivity contribution in [2.45, 2.75) is 19.4 Å². The molecule has 0 aromatic heterocycles. The second kappa shape index (κ2) is 3.42. The van der Waals surface area contributed by atoms with Crippen LogP contribution in [0.4, 0.5) is 8.78 Å². The van der Waals surface area contributed by atoms with Crippen LogP contribution >= 0.6 is 0 Å². The highest BCUT2D eigenvalue weighted by Crippen LogP contribution is 2.27. The fourth-order valence-electron chi connectivity index (χ4n) is 1.77. The van der Waals surface area contributed by atoms with E-state index in [0.717, 1.165) is 30.6 Å². The lowest BCUT2D eigenvalue weighted by Gasteiger charge is -2.19. The topological polar surface area (TPSA) is 12.0 Å². The minimum Gasteiger partial charge on any atom is -0.312 e. The van der Waals surface area contributed by atoms with Gasteiger partial charge in [-0.15, -0.1) is 0 Å². The van der Waals surface area contributed by atoms with Crippen LogP contribution in [0.3, 0.4) is 0 Å². The zero-order valence-corrected chi connectivity index (χ0v) is 7.19. The molecule has 3 heteroatoms. The number of hydrogen-bond acceptors (Lipinski definition) is 1. The van der Waals surface area contributed by atoms with Crippen LogP contribution in [0.5, 0.6) is 0 Å². The van der Waals surface area contributed by atoms with Crippen LogP contribution in [-0.2, 0) is 13.0 Å². The minimum absolute atomic E-state index is 0.207. The molecular formula is C10H11F2N. The summed E-state index contributed by atoms with van der Waals surface area (Å²) >= 11 is 0. The van der Waals surface area contributed by atoms with Crippen LogP contribution in [0.15, 0.2) is 18.2 Å². The van der Waals surface area contributed by atoms with Crippen molar-refractivity contribution in [3.05, 3.63) is 34.9 Å². The molecule has 0 saturated carbocycles. The maximum absolute atomic E-state index is 12.5. The van der Waals surface area contributed by atoms with Gasteiger partial charge in [0.05, 0.1) is 0 Å². The van der Waals surface area contributed by atoms with Gasteiger partial charge in [-0.25, -0.2) is 8.78 Å². The normalized spacial score (nSPS) is 15.9. The molecule has 1 aliphatic heterocycles. The van der Waals surface area contributed by atoms with E-state index in [1.807, 2.05) is 6.07 Å². The molecule has 0 fully saturated rings. The molecule has 13 heavy (non-hydrogen) atoms. The van der Waals surface area contributed by atoms with Crippen molar-refractivity contribution in [1.29, 1.82) is 0 Å². The molecule has 0 saturated heterocycles. The Morgan fingerprint density at radius 3 is 2.92 bits per heavy atom. The Kier molecular flexibility index (Phi) is 2.27. The molecule has 0 unspecified atom stereocenters. The average molecular weight is 183 g/mol. The van der Waals surface area contributed by atoms with Gasteiger partial charge in [0.15, 0.2) is 0 Å². The Labute approximate surface area is 75.8 Å². The SMILES string of the molecule is FC(F)c1cccc2c1CCNC2. The highest BCUT2D eigenvalue weighted by Gasteiger charge is 2.17. The van der Waals surface area contributed by atoms with E-state index >= 15 is 0 Å². The van der Waals surface area contributed by atoms with Crippen LogP contribution in [-0.4, -0.2) is 6.54 Å². The smallest absolute Gasteiger partial charge is 0.264 e. The molecule has 0 aliphatic carbocycles. The van der Waals surface area contributed by atoms with Crippen LogP contribution in [0.2, 0.25) is 0 Å². The molecular weight excluding hydrogens is 172 g/mol. The van der Waals surface area contributed by atoms with Crippen LogP contribution < -0.4 is 5.32 Å². The third-order valence-corrected chi connectivity index (χ3v) is 2.41. The van der Waals surface area contributed by atoms with E-state index in [1.54, 1.807) is 6.07 Å². The van der Waals surface area contributed by atoms with Crippen molar-refractivity contribution in [3.8, 4) is 0 Å². The Bertz CT molecular complexity index is 310. The molecule has 1 aromatic rings. The Morgan fingerprint density at radius 1 is 1.31 bits per heavy atom. The lowest BCUT2D eigenvalue weighted by atomic mass is 9.96. The number of nitrogens with one attached hydrogen (secondary N) is 1. The molecule has 1 aromatic carbocycles. The Morgan fingerprint density at radius 2 is 2.15 bits per heavy atom. The van der Waals surface area contributed by atoms with Gasteiger partial charge >= 0.3 is 0 Å². The lowest BCUT2D eigenvalue weighted by Crippen LogP contribution is -2.24. The summed E-state index contributed by atoms with van der Waals surface area (Å²) in [6, 6.07) is 5.13. The van der Waals surface area contributed by atoms with E-state index in [-0.39, 0.29) is 5.56 Å². The number of fused-ring (bicyclic) bond motifs is 1. The van der Waals surface area contributed by atoms with Crippen molar-refractivity contribution in [1.82, 2.24) is 5.32 Å². The summed E-state index contributed by atoms with van der Waals surface area (Å²) in [7, 11) is 0. The molecule has 70 valence electrons. The van der Waals surface area contributed by atoms with Gasteiger partial charge in [-0.1, -0.05) is 18.2 Å². The van der Waals surface area contributed by atoms with E-state index in [0.29, 0.717) is 0 Å². The van der Waals surface area contributed by atoms with Crippen molar-refractivity contribution in [3.63, 3.8) is 0 Å². The monoisotopic (exact) mass is 183 g/mol. The summed E-state index contributed by atoms with van der Waals surface area (Å²) in [5, 5.41) is 3.16. The number of hydrogen-bond donors (Lipinski definition) is 1. The zero-order chi connectivity index (χ0) is 9.26. The molecule has 1 aliphatic rings. The predicted octanol–water partition coefficient (Wildman–Crippen LogP) is 2.27. The third-order valence-electron chi connectivity index (χ3n) is 2.41. The number of alkyl halides is 2. The van der Waals surface area contributed by atoms with Gasteiger partial charge in [-0.05, 0) is 24.1 Å². The van der Waals surface area contributed by atoms with Gasteiger partial charge in [0.2, 0.25) is 0 Å². The van der Waals surface area contributed by atoms with Gasteiger partial charge < -0.3 is 5.32 Å². The minimum atomic E-state index is -2.34. The second-order valence-electron chi connectivity index (χ2n) is 3.21. The first kappa shape index (κ1) is 8.63. The largest absolute Gasteiger partial charge is 0.312 e. The fraction of sp³-hybridized carbons (Fsp3) is 0.400. The number of rotatable bonds is 1. The zero-order valence-electron chi connectivity index (χ0n) is 7.19. The number of halogens is 2. The molecule has 2 rings (SSSR count). The van der Waals surface area contributed by atoms with Gasteiger partial charge in [0.25, 0.3) is 6.43 Å². The molecule has 0 radical (unpaired) electrons. The predicted molar refractivity (Wildman–Crippen MR) is 46.8 cm³/mol. The molecule has 0 spiro atoms. The third kappa shape index (κ3) is 1.56. The quantitative estimate of drug-likeness (QED) is 0.704. The maximum Gasteiger partial charge on any atom is 0.264 e. The van der Waals surface area contributed by atoms with E-state index in [4.69, 9.17) is 0 Å². The summed E-state index contributed by atoms with van der Waals surface area (Å²) in [5.74, 6) is 0. The summed E-state index contributed by atoms with van der Waals surface area (Å²) in [6.07, 6.45) is -1.62. The lowest BCUT2D eigenvalue weighted by molar-refractivity contribution is 0.150. The summed E-state index contributed by atoms with van der Waals surface area (Å²) in [4.78, 5) is 0. The van der Waals surface area contributed by atoms with Crippen molar-refractivity contribution < 1.29 is 8.78 Å². The van der Waals surface area contributed by atoms with Gasteiger partial charge in [-0.2, -0.15) is 0 Å². The van der Waals surface area contributed by atoms with Crippen molar-refractivity contribution in [2.75, 3.05) is 6.54 Å². The van der Waals surface area contributed by atoms with Crippen molar-refractivity contribution in [2.24, 2.45) is 0 Å². The standard InChI is InChI=1S/C10H11F2N/c11-10(12)9-3-1-2-7-6-13-5-4-8(7)9/h1-3,10,13H,4-6H2. The molecule has 0 amide bonds. The first-order chi connectivity index (χ1) is 6.29. The first-order valence-corrected chi connectivity index (χ1v) is 4.38. The van der Waals surface area contributed by atoms with E-state index in [1.165, 1.54) is 6.07 Å². The number of benzene rings is 1. The molecule has 0 atom stereocenters. The van der Waals surface area contributed by atoms with Crippen LogP contribution in [0.25, 0.3) is 0 Å². The van der Waals surface area contributed by atoms with E-state index < -0.39 is 6.43 Å². The summed E-state index contributed by atoms with van der Waals surface area (Å²) in [5.41, 5.74) is 2.07. The average Bonchev–Trinajstić information content (AvgIpc) is 2.17. The summed E-state index contributed by atoms with van der Waals surface area (Å²) < 4.78 is 25.1. The van der Waals surface area contributed by atoms with Crippen LogP contribution in [0.1, 0.15) is 23.1 Å². The maximum atomic E-state index is 12.5. The highest BCUT2D eigenvalue weighted by atomic mass is 19.3. The van der Waals surface area contributed by atoms with E-state index in [2.05, 4.69) is 5.32 Å². The molecule has 1 heterocycles. The Hall–Kier alpha value is -0.960. The van der Waals surface area contributed by atoms with Gasteiger partial charge in [-0.3, -0.25) is 0 Å². The van der Waals surface area contributed by atoms with E-state index in [9.17, 15) is 8.78 Å². The molecule has 1 nitrogen and oxygen atoms in total. The fourth-order valence-corrected chi connectivity index (χ4v) is 1.77. The second-order valence-corrected chi connectivity index (χ2v) is 3.21. The van der Waals surface area contributed by atoms with Gasteiger partial charge in [0.1, 0.15) is 0 Å². The first-order valence-electron chi connectivity index (χ1n) is 4.38. The summed E-state index contributed by atoms with van der Waals surface area (Å²) in [6.45, 7) is 1.52.